The summed E-state index contributed by atoms with van der Waals surface area (Å²) in [4.78, 5) is 15.7. The number of hydrogen-bond acceptors (Lipinski definition) is 3. The van der Waals surface area contributed by atoms with Gasteiger partial charge >= 0.3 is 0 Å². The van der Waals surface area contributed by atoms with Gasteiger partial charge in [-0.15, -0.1) is 0 Å². The Morgan fingerprint density at radius 2 is 2.17 bits per heavy atom. The second-order valence-electron chi connectivity index (χ2n) is 4.80. The standard InChI is InChI=1S/C14H20N3O/c1-12(14(15)18)17-9-7-16(8-10-17)11-13-5-3-2-4-6-13/h2-3,5-6,12H,7-11H2,1H3,(H2,15,18). The minimum absolute atomic E-state index is 0.155. The predicted molar refractivity (Wildman–Crippen MR) is 70.8 cm³/mol. The van der Waals surface area contributed by atoms with Crippen molar-refractivity contribution in [2.45, 2.75) is 19.5 Å². The van der Waals surface area contributed by atoms with Crippen LogP contribution in [-0.2, 0) is 11.3 Å². The number of primary amides is 1. The zero-order chi connectivity index (χ0) is 13.0. The fraction of sp³-hybridized carbons (Fsp3) is 0.500. The van der Waals surface area contributed by atoms with Crippen molar-refractivity contribution in [2.75, 3.05) is 26.2 Å². The predicted octanol–water partition coefficient (Wildman–Crippen LogP) is 0.478. The van der Waals surface area contributed by atoms with Crippen molar-refractivity contribution < 1.29 is 4.79 Å². The van der Waals surface area contributed by atoms with E-state index in [-0.39, 0.29) is 11.9 Å². The van der Waals surface area contributed by atoms with E-state index >= 15 is 0 Å². The van der Waals surface area contributed by atoms with E-state index in [1.54, 1.807) is 0 Å². The van der Waals surface area contributed by atoms with E-state index in [2.05, 4.69) is 21.9 Å². The second kappa shape index (κ2) is 5.98. The number of amides is 1. The van der Waals surface area contributed by atoms with Gasteiger partial charge in [0.1, 0.15) is 0 Å². The molecule has 1 unspecified atom stereocenters. The summed E-state index contributed by atoms with van der Waals surface area (Å²) in [5.41, 5.74) is 6.61. The Morgan fingerprint density at radius 3 is 2.72 bits per heavy atom. The fourth-order valence-corrected chi connectivity index (χ4v) is 2.28. The molecule has 4 nitrogen and oxygen atoms in total. The van der Waals surface area contributed by atoms with E-state index in [9.17, 15) is 4.79 Å². The molecule has 1 amide bonds. The van der Waals surface area contributed by atoms with Crippen LogP contribution >= 0.6 is 0 Å². The molecule has 0 aliphatic carbocycles. The maximum atomic E-state index is 11.1. The minimum atomic E-state index is -0.235. The number of hydrogen-bond donors (Lipinski definition) is 1. The molecule has 0 saturated carbocycles. The highest BCUT2D eigenvalue weighted by Gasteiger charge is 2.23. The minimum Gasteiger partial charge on any atom is -0.368 e. The maximum absolute atomic E-state index is 11.1. The third-order valence-corrected chi connectivity index (χ3v) is 3.54. The Bertz CT molecular complexity index is 385. The number of carbonyl (C=O) groups is 1. The summed E-state index contributed by atoms with van der Waals surface area (Å²) in [5, 5.41) is 0. The van der Waals surface area contributed by atoms with Crippen LogP contribution in [0.15, 0.2) is 24.3 Å². The average Bonchev–Trinajstić information content (AvgIpc) is 2.40. The lowest BCUT2D eigenvalue weighted by molar-refractivity contribution is -0.123. The largest absolute Gasteiger partial charge is 0.368 e. The average molecular weight is 246 g/mol. The molecule has 18 heavy (non-hydrogen) atoms. The summed E-state index contributed by atoms with van der Waals surface area (Å²) in [6.45, 7) is 6.60. The smallest absolute Gasteiger partial charge is 0.234 e. The SMILES string of the molecule is CC(C(N)=O)N1CCN(Cc2c[c]ccc2)CC1. The summed E-state index contributed by atoms with van der Waals surface area (Å²) in [5.74, 6) is -0.235. The van der Waals surface area contributed by atoms with Crippen molar-refractivity contribution in [3.05, 3.63) is 35.9 Å². The van der Waals surface area contributed by atoms with Crippen molar-refractivity contribution in [1.82, 2.24) is 9.80 Å². The Labute approximate surface area is 108 Å². The topological polar surface area (TPSA) is 49.6 Å². The summed E-state index contributed by atoms with van der Waals surface area (Å²) < 4.78 is 0. The van der Waals surface area contributed by atoms with Gasteiger partial charge in [-0.3, -0.25) is 14.6 Å². The van der Waals surface area contributed by atoms with Gasteiger partial charge in [0.05, 0.1) is 6.04 Å². The van der Waals surface area contributed by atoms with E-state index in [4.69, 9.17) is 5.73 Å². The van der Waals surface area contributed by atoms with Crippen LogP contribution in [0.3, 0.4) is 0 Å². The molecule has 0 aromatic heterocycles. The van der Waals surface area contributed by atoms with Crippen LogP contribution in [0.2, 0.25) is 0 Å². The van der Waals surface area contributed by atoms with Gasteiger partial charge in [-0.1, -0.05) is 18.2 Å². The first kappa shape index (κ1) is 13.1. The van der Waals surface area contributed by atoms with Gasteiger partial charge in [0.15, 0.2) is 0 Å². The molecule has 1 saturated heterocycles. The molecule has 4 heteroatoms. The molecular formula is C14H20N3O. The lowest BCUT2D eigenvalue weighted by atomic mass is 10.2. The zero-order valence-electron chi connectivity index (χ0n) is 10.8. The molecule has 2 rings (SSSR count). The molecule has 1 heterocycles. The van der Waals surface area contributed by atoms with Crippen molar-refractivity contribution in [3.8, 4) is 0 Å². The van der Waals surface area contributed by atoms with Crippen LogP contribution < -0.4 is 5.73 Å². The number of benzene rings is 1. The molecule has 1 aromatic rings. The molecule has 0 spiro atoms. The quantitative estimate of drug-likeness (QED) is 0.840. The second-order valence-corrected chi connectivity index (χ2v) is 4.80. The Balaban J connectivity index is 1.82. The molecule has 1 radical (unpaired) electrons. The van der Waals surface area contributed by atoms with Gasteiger partial charge in [0.25, 0.3) is 0 Å². The van der Waals surface area contributed by atoms with Crippen molar-refractivity contribution in [1.29, 1.82) is 0 Å². The number of nitrogens with zero attached hydrogens (tertiary/aromatic N) is 2. The first-order chi connectivity index (χ1) is 8.66. The van der Waals surface area contributed by atoms with E-state index in [0.717, 1.165) is 32.7 Å². The molecule has 1 fully saturated rings. The highest BCUT2D eigenvalue weighted by Crippen LogP contribution is 2.10. The van der Waals surface area contributed by atoms with E-state index in [1.807, 2.05) is 25.1 Å². The molecule has 1 aliphatic heterocycles. The molecule has 2 N–H and O–H groups in total. The van der Waals surface area contributed by atoms with E-state index in [0.29, 0.717) is 0 Å². The van der Waals surface area contributed by atoms with Crippen LogP contribution in [0.1, 0.15) is 12.5 Å². The highest BCUT2D eigenvalue weighted by molar-refractivity contribution is 5.79. The highest BCUT2D eigenvalue weighted by atomic mass is 16.1. The monoisotopic (exact) mass is 246 g/mol. The first-order valence-electron chi connectivity index (χ1n) is 6.37. The third kappa shape index (κ3) is 3.31. The molecule has 1 aliphatic rings. The van der Waals surface area contributed by atoms with Crippen molar-refractivity contribution in [3.63, 3.8) is 0 Å². The first-order valence-corrected chi connectivity index (χ1v) is 6.37. The summed E-state index contributed by atoms with van der Waals surface area (Å²) in [6.07, 6.45) is 0. The number of carbonyl (C=O) groups excluding carboxylic acids is 1. The molecule has 0 bridgehead atoms. The fourth-order valence-electron chi connectivity index (χ4n) is 2.28. The molecular weight excluding hydrogens is 226 g/mol. The number of rotatable bonds is 4. The Kier molecular flexibility index (Phi) is 4.33. The summed E-state index contributed by atoms with van der Waals surface area (Å²) >= 11 is 0. The van der Waals surface area contributed by atoms with Crippen LogP contribution in [0.5, 0.6) is 0 Å². The van der Waals surface area contributed by atoms with Gasteiger partial charge in [-0.05, 0) is 24.6 Å². The Hall–Kier alpha value is -1.39. The molecule has 1 atom stereocenters. The van der Waals surface area contributed by atoms with Gasteiger partial charge in [0, 0.05) is 32.7 Å². The summed E-state index contributed by atoms with van der Waals surface area (Å²) in [7, 11) is 0. The van der Waals surface area contributed by atoms with Crippen LogP contribution in [0.4, 0.5) is 0 Å². The van der Waals surface area contributed by atoms with E-state index < -0.39 is 0 Å². The van der Waals surface area contributed by atoms with Gasteiger partial charge < -0.3 is 5.73 Å². The number of nitrogens with two attached hydrogens (primary N) is 1. The van der Waals surface area contributed by atoms with Gasteiger partial charge in [-0.2, -0.15) is 0 Å². The summed E-state index contributed by atoms with van der Waals surface area (Å²) in [6, 6.07) is 11.0. The third-order valence-electron chi connectivity index (χ3n) is 3.54. The molecule has 1 aromatic carbocycles. The van der Waals surface area contributed by atoms with Gasteiger partial charge in [0.2, 0.25) is 5.91 Å². The van der Waals surface area contributed by atoms with Crippen LogP contribution in [0.25, 0.3) is 0 Å². The van der Waals surface area contributed by atoms with Crippen molar-refractivity contribution in [2.24, 2.45) is 5.73 Å². The van der Waals surface area contributed by atoms with Crippen molar-refractivity contribution >= 4 is 5.91 Å². The van der Waals surface area contributed by atoms with Crippen LogP contribution in [0, 0.1) is 6.07 Å². The Morgan fingerprint density at radius 1 is 1.44 bits per heavy atom. The number of piperazine rings is 1. The lowest BCUT2D eigenvalue weighted by Gasteiger charge is -2.36. The van der Waals surface area contributed by atoms with E-state index in [1.165, 1.54) is 5.56 Å². The van der Waals surface area contributed by atoms with Gasteiger partial charge in [-0.25, -0.2) is 0 Å². The van der Waals surface area contributed by atoms with Crippen LogP contribution in [-0.4, -0.2) is 47.9 Å². The zero-order valence-corrected chi connectivity index (χ0v) is 10.8. The lowest BCUT2D eigenvalue weighted by Crippen LogP contribution is -2.52. The normalized spacial score (nSPS) is 19.6. The molecule has 97 valence electrons. The maximum Gasteiger partial charge on any atom is 0.234 e.